The van der Waals surface area contributed by atoms with Crippen molar-refractivity contribution >= 4 is 27.0 Å². The second kappa shape index (κ2) is 8.41. The summed E-state index contributed by atoms with van der Waals surface area (Å²) in [6, 6.07) is 5.10. The molecule has 0 bridgehead atoms. The summed E-state index contributed by atoms with van der Waals surface area (Å²) < 4.78 is 29.0. The van der Waals surface area contributed by atoms with Crippen molar-refractivity contribution in [3.8, 4) is 0 Å². The third kappa shape index (κ3) is 4.17. The first kappa shape index (κ1) is 20.3. The van der Waals surface area contributed by atoms with Crippen LogP contribution in [-0.2, 0) is 21.4 Å². The minimum atomic E-state index is -3.45. The van der Waals surface area contributed by atoms with Gasteiger partial charge < -0.3 is 14.4 Å². The molecule has 0 aliphatic carbocycles. The number of carbonyl (C=O) groups excluding carboxylic acids is 1. The standard InChI is InChI=1S/C20H29N5O3S/c1-2-22-11-13-23(14-12-22)20(26)7-10-24-16-21-18-15-17(5-6-19(18)24)29(27,28)25-8-3-4-9-25/h5-6,15-16H,2-4,7-14H2,1H3. The fourth-order valence-corrected chi connectivity index (χ4v) is 5.69. The fourth-order valence-electron chi connectivity index (χ4n) is 4.15. The molecule has 0 unspecified atom stereocenters. The lowest BCUT2D eigenvalue weighted by Gasteiger charge is -2.34. The van der Waals surface area contributed by atoms with E-state index in [2.05, 4.69) is 16.8 Å². The number of rotatable bonds is 6. The molecule has 29 heavy (non-hydrogen) atoms. The van der Waals surface area contributed by atoms with Crippen molar-refractivity contribution in [1.82, 2.24) is 23.7 Å². The molecule has 2 fully saturated rings. The molecule has 158 valence electrons. The van der Waals surface area contributed by atoms with Gasteiger partial charge in [-0.1, -0.05) is 6.92 Å². The van der Waals surface area contributed by atoms with Crippen LogP contribution in [0.1, 0.15) is 26.2 Å². The lowest BCUT2D eigenvalue weighted by molar-refractivity contribution is -0.133. The maximum atomic E-state index is 12.8. The average Bonchev–Trinajstić information content (AvgIpc) is 3.42. The van der Waals surface area contributed by atoms with Gasteiger partial charge in [-0.15, -0.1) is 0 Å². The molecule has 2 aliphatic rings. The Morgan fingerprint density at radius 2 is 1.79 bits per heavy atom. The van der Waals surface area contributed by atoms with Crippen LogP contribution in [0, 0.1) is 0 Å². The molecule has 0 N–H and O–H groups in total. The summed E-state index contributed by atoms with van der Waals surface area (Å²) in [5.41, 5.74) is 1.50. The van der Waals surface area contributed by atoms with Crippen molar-refractivity contribution in [2.45, 2.75) is 37.6 Å². The first-order valence-corrected chi connectivity index (χ1v) is 11.9. The van der Waals surface area contributed by atoms with Crippen LogP contribution in [0.15, 0.2) is 29.4 Å². The van der Waals surface area contributed by atoms with Gasteiger partial charge in [0.15, 0.2) is 0 Å². The van der Waals surface area contributed by atoms with Gasteiger partial charge in [-0.3, -0.25) is 4.79 Å². The predicted octanol–water partition coefficient (Wildman–Crippen LogP) is 1.37. The van der Waals surface area contributed by atoms with Gasteiger partial charge in [0.2, 0.25) is 15.9 Å². The summed E-state index contributed by atoms with van der Waals surface area (Å²) in [4.78, 5) is 21.5. The zero-order valence-electron chi connectivity index (χ0n) is 17.0. The molecule has 0 spiro atoms. The summed E-state index contributed by atoms with van der Waals surface area (Å²) in [6.07, 6.45) is 3.94. The van der Waals surface area contributed by atoms with E-state index in [1.807, 2.05) is 9.47 Å². The Kier molecular flexibility index (Phi) is 5.89. The third-order valence-electron chi connectivity index (χ3n) is 6.03. The van der Waals surface area contributed by atoms with Crippen molar-refractivity contribution in [1.29, 1.82) is 0 Å². The van der Waals surface area contributed by atoms with E-state index in [0.29, 0.717) is 36.5 Å². The third-order valence-corrected chi connectivity index (χ3v) is 7.93. The van der Waals surface area contributed by atoms with Crippen LogP contribution in [0.2, 0.25) is 0 Å². The highest BCUT2D eigenvalue weighted by Crippen LogP contribution is 2.24. The number of sulfonamides is 1. The van der Waals surface area contributed by atoms with Gasteiger partial charge in [0.05, 0.1) is 22.3 Å². The highest BCUT2D eigenvalue weighted by atomic mass is 32.2. The molecule has 1 aromatic heterocycles. The smallest absolute Gasteiger partial charge is 0.243 e. The van der Waals surface area contributed by atoms with Gasteiger partial charge in [0.25, 0.3) is 0 Å². The lowest BCUT2D eigenvalue weighted by atomic mass is 10.2. The first-order valence-electron chi connectivity index (χ1n) is 10.4. The Morgan fingerprint density at radius 1 is 1.07 bits per heavy atom. The first-order chi connectivity index (χ1) is 14.0. The summed E-state index contributed by atoms with van der Waals surface area (Å²) in [7, 11) is -3.45. The van der Waals surface area contributed by atoms with E-state index in [1.54, 1.807) is 28.8 Å². The number of nitrogens with zero attached hydrogens (tertiary/aromatic N) is 5. The monoisotopic (exact) mass is 419 g/mol. The van der Waals surface area contributed by atoms with E-state index in [-0.39, 0.29) is 5.91 Å². The molecule has 0 radical (unpaired) electrons. The van der Waals surface area contributed by atoms with Crippen molar-refractivity contribution in [2.24, 2.45) is 0 Å². The lowest BCUT2D eigenvalue weighted by Crippen LogP contribution is -2.48. The minimum absolute atomic E-state index is 0.163. The molecular formula is C20H29N5O3S. The molecule has 4 rings (SSSR count). The number of benzene rings is 1. The number of fused-ring (bicyclic) bond motifs is 1. The van der Waals surface area contributed by atoms with E-state index < -0.39 is 10.0 Å². The van der Waals surface area contributed by atoms with Crippen molar-refractivity contribution < 1.29 is 13.2 Å². The molecular weight excluding hydrogens is 390 g/mol. The molecule has 0 saturated carbocycles. The van der Waals surface area contributed by atoms with Crippen molar-refractivity contribution in [3.05, 3.63) is 24.5 Å². The van der Waals surface area contributed by atoms with Crippen LogP contribution in [0.5, 0.6) is 0 Å². The van der Waals surface area contributed by atoms with Crippen LogP contribution in [0.25, 0.3) is 11.0 Å². The second-order valence-electron chi connectivity index (χ2n) is 7.76. The summed E-state index contributed by atoms with van der Waals surface area (Å²) in [6.45, 7) is 8.33. The molecule has 0 atom stereocenters. The van der Waals surface area contributed by atoms with Crippen molar-refractivity contribution in [2.75, 3.05) is 45.8 Å². The number of hydrogen-bond acceptors (Lipinski definition) is 5. The van der Waals surface area contributed by atoms with E-state index in [4.69, 9.17) is 0 Å². The summed E-state index contributed by atoms with van der Waals surface area (Å²) in [5.74, 6) is 0.163. The summed E-state index contributed by atoms with van der Waals surface area (Å²) >= 11 is 0. The quantitative estimate of drug-likeness (QED) is 0.707. The topological polar surface area (TPSA) is 78.8 Å². The maximum Gasteiger partial charge on any atom is 0.243 e. The Morgan fingerprint density at radius 3 is 2.48 bits per heavy atom. The van der Waals surface area contributed by atoms with E-state index >= 15 is 0 Å². The van der Waals surface area contributed by atoms with Gasteiger partial charge in [0.1, 0.15) is 0 Å². The van der Waals surface area contributed by atoms with Gasteiger partial charge in [-0.2, -0.15) is 4.31 Å². The highest BCUT2D eigenvalue weighted by Gasteiger charge is 2.27. The number of aryl methyl sites for hydroxylation is 1. The number of aromatic nitrogens is 2. The van der Waals surface area contributed by atoms with Crippen LogP contribution in [0.3, 0.4) is 0 Å². The second-order valence-corrected chi connectivity index (χ2v) is 9.70. The number of carbonyl (C=O) groups is 1. The fraction of sp³-hybridized carbons (Fsp3) is 0.600. The van der Waals surface area contributed by atoms with E-state index in [0.717, 1.165) is 51.1 Å². The van der Waals surface area contributed by atoms with Crippen molar-refractivity contribution in [3.63, 3.8) is 0 Å². The van der Waals surface area contributed by atoms with Gasteiger partial charge in [0, 0.05) is 52.2 Å². The zero-order chi connectivity index (χ0) is 20.4. The largest absolute Gasteiger partial charge is 0.340 e. The Balaban J connectivity index is 1.42. The molecule has 2 aromatic rings. The van der Waals surface area contributed by atoms with Crippen LogP contribution in [0.4, 0.5) is 0 Å². The Labute approximate surface area is 172 Å². The minimum Gasteiger partial charge on any atom is -0.340 e. The normalized spacial score (nSPS) is 19.3. The molecule has 9 heteroatoms. The maximum absolute atomic E-state index is 12.8. The SMILES string of the molecule is CCN1CCN(C(=O)CCn2cnc3cc(S(=O)(=O)N4CCCC4)ccc32)CC1. The number of piperazine rings is 1. The number of hydrogen-bond donors (Lipinski definition) is 0. The Bertz CT molecular complexity index is 973. The molecule has 2 saturated heterocycles. The Hall–Kier alpha value is -1.97. The summed E-state index contributed by atoms with van der Waals surface area (Å²) in [5, 5.41) is 0. The van der Waals surface area contributed by atoms with Crippen LogP contribution < -0.4 is 0 Å². The zero-order valence-corrected chi connectivity index (χ0v) is 17.8. The molecule has 1 aromatic carbocycles. The number of amides is 1. The molecule has 1 amide bonds. The van der Waals surface area contributed by atoms with Gasteiger partial charge in [-0.25, -0.2) is 13.4 Å². The van der Waals surface area contributed by atoms with Crippen LogP contribution in [-0.4, -0.2) is 83.8 Å². The molecule has 3 heterocycles. The van der Waals surface area contributed by atoms with E-state index in [1.165, 1.54) is 0 Å². The van der Waals surface area contributed by atoms with Gasteiger partial charge in [-0.05, 0) is 37.6 Å². The number of imidazole rings is 1. The molecule has 8 nitrogen and oxygen atoms in total. The molecule has 2 aliphatic heterocycles. The average molecular weight is 420 g/mol. The van der Waals surface area contributed by atoms with Crippen LogP contribution >= 0.6 is 0 Å². The predicted molar refractivity (Wildman–Crippen MR) is 111 cm³/mol. The number of likely N-dealkylation sites (N-methyl/N-ethyl adjacent to an activating group) is 1. The van der Waals surface area contributed by atoms with E-state index in [9.17, 15) is 13.2 Å². The highest BCUT2D eigenvalue weighted by molar-refractivity contribution is 7.89. The van der Waals surface area contributed by atoms with Gasteiger partial charge >= 0.3 is 0 Å².